The molecule has 106 valence electrons. The fourth-order valence-electron chi connectivity index (χ4n) is 2.56. The molecule has 4 nitrogen and oxygen atoms in total. The first-order valence-electron chi connectivity index (χ1n) is 6.71. The standard InChI is InChI=1S/C15H23NO3/c1-15(2,17)11-9-14(19-4)12(10-13(11)18-3)16-7-5-6-8-16/h9-10,17H,5-8H2,1-4H3. The van der Waals surface area contributed by atoms with Gasteiger partial charge >= 0.3 is 0 Å². The number of rotatable bonds is 4. The minimum absolute atomic E-state index is 0.704. The first-order valence-corrected chi connectivity index (χ1v) is 6.71. The summed E-state index contributed by atoms with van der Waals surface area (Å²) in [6.45, 7) is 5.59. The summed E-state index contributed by atoms with van der Waals surface area (Å²) in [6, 6.07) is 3.85. The van der Waals surface area contributed by atoms with Crippen molar-refractivity contribution in [3.05, 3.63) is 17.7 Å². The van der Waals surface area contributed by atoms with Gasteiger partial charge in [-0.3, -0.25) is 0 Å². The van der Waals surface area contributed by atoms with Crippen LogP contribution in [0.25, 0.3) is 0 Å². The number of hydrogen-bond donors (Lipinski definition) is 1. The van der Waals surface area contributed by atoms with E-state index in [9.17, 15) is 5.11 Å². The van der Waals surface area contributed by atoms with E-state index in [0.717, 1.165) is 30.1 Å². The molecule has 1 N–H and O–H groups in total. The van der Waals surface area contributed by atoms with Crippen LogP contribution in [0, 0.1) is 0 Å². The average molecular weight is 265 g/mol. The molecule has 2 rings (SSSR count). The molecule has 0 atom stereocenters. The van der Waals surface area contributed by atoms with Crippen LogP contribution in [0.1, 0.15) is 32.3 Å². The second-order valence-corrected chi connectivity index (χ2v) is 5.48. The van der Waals surface area contributed by atoms with Gasteiger partial charge in [-0.15, -0.1) is 0 Å². The van der Waals surface area contributed by atoms with Crippen molar-refractivity contribution in [2.75, 3.05) is 32.2 Å². The molecule has 0 radical (unpaired) electrons. The first-order chi connectivity index (χ1) is 8.97. The van der Waals surface area contributed by atoms with Gasteiger partial charge < -0.3 is 19.5 Å². The zero-order chi connectivity index (χ0) is 14.0. The Hall–Kier alpha value is -1.42. The fraction of sp³-hybridized carbons (Fsp3) is 0.600. The summed E-state index contributed by atoms with van der Waals surface area (Å²) < 4.78 is 10.9. The predicted octanol–water partition coefficient (Wildman–Crippen LogP) is 2.53. The molecule has 0 aromatic heterocycles. The maximum atomic E-state index is 10.2. The Bertz CT molecular complexity index is 445. The van der Waals surface area contributed by atoms with Crippen LogP contribution < -0.4 is 14.4 Å². The molecule has 1 aromatic rings. The highest BCUT2D eigenvalue weighted by molar-refractivity contribution is 5.65. The SMILES string of the molecule is COc1cc(C(C)(C)O)c(OC)cc1N1CCCC1. The van der Waals surface area contributed by atoms with E-state index >= 15 is 0 Å². The second-order valence-electron chi connectivity index (χ2n) is 5.48. The number of anilines is 1. The third kappa shape index (κ3) is 2.78. The van der Waals surface area contributed by atoms with Gasteiger partial charge in [-0.2, -0.15) is 0 Å². The molecular weight excluding hydrogens is 242 g/mol. The average Bonchev–Trinajstić information content (AvgIpc) is 2.89. The zero-order valence-corrected chi connectivity index (χ0v) is 12.2. The summed E-state index contributed by atoms with van der Waals surface area (Å²) in [4.78, 5) is 2.30. The molecule has 0 bridgehead atoms. The normalized spacial score (nSPS) is 15.7. The molecule has 1 fully saturated rings. The highest BCUT2D eigenvalue weighted by Crippen LogP contribution is 2.40. The van der Waals surface area contributed by atoms with Gasteiger partial charge in [-0.05, 0) is 32.8 Å². The van der Waals surface area contributed by atoms with Crippen molar-refractivity contribution in [1.29, 1.82) is 0 Å². The second kappa shape index (κ2) is 5.29. The molecule has 0 amide bonds. The third-order valence-electron chi connectivity index (χ3n) is 3.61. The Morgan fingerprint density at radius 3 is 2.11 bits per heavy atom. The monoisotopic (exact) mass is 265 g/mol. The van der Waals surface area contributed by atoms with Gasteiger partial charge in [0.05, 0.1) is 25.5 Å². The summed E-state index contributed by atoms with van der Waals surface area (Å²) in [6.07, 6.45) is 2.41. The lowest BCUT2D eigenvalue weighted by Gasteiger charge is -2.26. The molecule has 4 heteroatoms. The van der Waals surface area contributed by atoms with E-state index < -0.39 is 5.60 Å². The lowest BCUT2D eigenvalue weighted by molar-refractivity contribution is 0.0754. The highest BCUT2D eigenvalue weighted by Gasteiger charge is 2.26. The van der Waals surface area contributed by atoms with Crippen molar-refractivity contribution >= 4 is 5.69 Å². The van der Waals surface area contributed by atoms with Gasteiger partial charge in [0.25, 0.3) is 0 Å². The molecule has 0 unspecified atom stereocenters. The molecule has 1 aliphatic rings. The Labute approximate surface area is 114 Å². The number of hydrogen-bond acceptors (Lipinski definition) is 4. The molecule has 1 heterocycles. The molecule has 0 spiro atoms. The van der Waals surface area contributed by atoms with Crippen molar-refractivity contribution in [2.24, 2.45) is 0 Å². The van der Waals surface area contributed by atoms with E-state index in [2.05, 4.69) is 4.90 Å². The molecule has 1 aliphatic heterocycles. The van der Waals surface area contributed by atoms with Gasteiger partial charge in [-0.25, -0.2) is 0 Å². The summed E-state index contributed by atoms with van der Waals surface area (Å²) in [5.41, 5.74) is 0.835. The Balaban J connectivity index is 2.50. The summed E-state index contributed by atoms with van der Waals surface area (Å²) >= 11 is 0. The number of ether oxygens (including phenoxy) is 2. The van der Waals surface area contributed by atoms with Crippen molar-refractivity contribution in [3.63, 3.8) is 0 Å². The highest BCUT2D eigenvalue weighted by atomic mass is 16.5. The zero-order valence-electron chi connectivity index (χ0n) is 12.2. The van der Waals surface area contributed by atoms with Crippen LogP contribution in [-0.2, 0) is 5.60 Å². The molecule has 1 saturated heterocycles. The minimum Gasteiger partial charge on any atom is -0.496 e. The van der Waals surface area contributed by atoms with E-state index in [4.69, 9.17) is 9.47 Å². The van der Waals surface area contributed by atoms with Gasteiger partial charge in [0.1, 0.15) is 11.5 Å². The van der Waals surface area contributed by atoms with E-state index in [1.165, 1.54) is 12.8 Å². The first kappa shape index (κ1) is 14.0. The van der Waals surface area contributed by atoms with Crippen LogP contribution in [0.3, 0.4) is 0 Å². The molecule has 0 aliphatic carbocycles. The molecule has 19 heavy (non-hydrogen) atoms. The quantitative estimate of drug-likeness (QED) is 0.908. The summed E-state index contributed by atoms with van der Waals surface area (Å²) in [7, 11) is 3.29. The van der Waals surface area contributed by atoms with E-state index in [0.29, 0.717) is 5.75 Å². The van der Waals surface area contributed by atoms with Crippen LogP contribution in [0.2, 0.25) is 0 Å². The van der Waals surface area contributed by atoms with Crippen LogP contribution in [0.4, 0.5) is 5.69 Å². The molecule has 1 aromatic carbocycles. The number of aliphatic hydroxyl groups is 1. The van der Waals surface area contributed by atoms with Crippen LogP contribution in [0.5, 0.6) is 11.5 Å². The predicted molar refractivity (Wildman–Crippen MR) is 76.2 cm³/mol. The lowest BCUT2D eigenvalue weighted by Crippen LogP contribution is -2.21. The van der Waals surface area contributed by atoms with Crippen LogP contribution >= 0.6 is 0 Å². The third-order valence-corrected chi connectivity index (χ3v) is 3.61. The lowest BCUT2D eigenvalue weighted by atomic mass is 9.96. The van der Waals surface area contributed by atoms with Gasteiger partial charge in [0.15, 0.2) is 0 Å². The topological polar surface area (TPSA) is 41.9 Å². The number of methoxy groups -OCH3 is 2. The van der Waals surface area contributed by atoms with E-state index in [-0.39, 0.29) is 0 Å². The van der Waals surface area contributed by atoms with E-state index in [1.54, 1.807) is 28.1 Å². The van der Waals surface area contributed by atoms with Crippen molar-refractivity contribution in [2.45, 2.75) is 32.3 Å². The van der Waals surface area contributed by atoms with Crippen molar-refractivity contribution in [1.82, 2.24) is 0 Å². The maximum Gasteiger partial charge on any atom is 0.142 e. The van der Waals surface area contributed by atoms with E-state index in [1.807, 2.05) is 12.1 Å². The molecular formula is C15H23NO3. The van der Waals surface area contributed by atoms with Gasteiger partial charge in [0.2, 0.25) is 0 Å². The smallest absolute Gasteiger partial charge is 0.142 e. The van der Waals surface area contributed by atoms with Crippen LogP contribution in [0.15, 0.2) is 12.1 Å². The van der Waals surface area contributed by atoms with Gasteiger partial charge in [-0.1, -0.05) is 0 Å². The minimum atomic E-state index is -0.956. The largest absolute Gasteiger partial charge is 0.496 e. The van der Waals surface area contributed by atoms with Gasteiger partial charge in [0, 0.05) is 24.7 Å². The van der Waals surface area contributed by atoms with Crippen LogP contribution in [-0.4, -0.2) is 32.4 Å². The Morgan fingerprint density at radius 2 is 1.63 bits per heavy atom. The number of benzene rings is 1. The maximum absolute atomic E-state index is 10.2. The molecule has 0 saturated carbocycles. The summed E-state index contributed by atoms with van der Waals surface area (Å²) in [5, 5.41) is 10.2. The Kier molecular flexibility index (Phi) is 3.90. The Morgan fingerprint density at radius 1 is 1.05 bits per heavy atom. The summed E-state index contributed by atoms with van der Waals surface area (Å²) in [5.74, 6) is 1.50. The van der Waals surface area contributed by atoms with Crippen molar-refractivity contribution < 1.29 is 14.6 Å². The van der Waals surface area contributed by atoms with Crippen molar-refractivity contribution in [3.8, 4) is 11.5 Å². The number of nitrogens with zero attached hydrogens (tertiary/aromatic N) is 1. The fourth-order valence-corrected chi connectivity index (χ4v) is 2.56.